The van der Waals surface area contributed by atoms with Gasteiger partial charge in [-0.2, -0.15) is 0 Å². The third-order valence-electron chi connectivity index (χ3n) is 4.82. The van der Waals surface area contributed by atoms with E-state index in [2.05, 4.69) is 43.1 Å². The van der Waals surface area contributed by atoms with E-state index in [0.717, 1.165) is 18.6 Å². The first-order valence-corrected chi connectivity index (χ1v) is 8.11. The van der Waals surface area contributed by atoms with Crippen molar-refractivity contribution in [3.8, 4) is 0 Å². The highest BCUT2D eigenvalue weighted by molar-refractivity contribution is 4.92. The van der Waals surface area contributed by atoms with E-state index in [-0.39, 0.29) is 0 Å². The Morgan fingerprint density at radius 2 is 1.84 bits per heavy atom. The normalized spacial score (nSPS) is 30.6. The molecule has 1 atom stereocenters. The predicted octanol–water partition coefficient (Wildman–Crippen LogP) is 2.18. The first-order chi connectivity index (χ1) is 9.02. The van der Waals surface area contributed by atoms with Gasteiger partial charge in [0.1, 0.15) is 0 Å². The molecule has 2 fully saturated rings. The van der Waals surface area contributed by atoms with Crippen molar-refractivity contribution in [2.75, 3.05) is 40.3 Å². The van der Waals surface area contributed by atoms with Crippen molar-refractivity contribution in [3.05, 3.63) is 0 Å². The van der Waals surface area contributed by atoms with Gasteiger partial charge >= 0.3 is 0 Å². The first-order valence-electron chi connectivity index (χ1n) is 8.11. The molecule has 0 radical (unpaired) electrons. The summed E-state index contributed by atoms with van der Waals surface area (Å²) in [5, 5.41) is 3.34. The lowest BCUT2D eigenvalue weighted by Gasteiger charge is -2.38. The molecular formula is C16H33N3. The third kappa shape index (κ3) is 4.17. The molecular weight excluding hydrogens is 234 g/mol. The number of hydrogen-bond acceptors (Lipinski definition) is 3. The van der Waals surface area contributed by atoms with Gasteiger partial charge in [0.25, 0.3) is 0 Å². The van der Waals surface area contributed by atoms with Gasteiger partial charge in [-0.1, -0.05) is 26.7 Å². The Labute approximate surface area is 119 Å². The minimum Gasteiger partial charge on any atom is -0.320 e. The molecule has 3 nitrogen and oxygen atoms in total. The quantitative estimate of drug-likeness (QED) is 0.842. The second-order valence-corrected chi connectivity index (χ2v) is 7.52. The molecule has 1 saturated heterocycles. The van der Waals surface area contributed by atoms with E-state index < -0.39 is 0 Å². The smallest absolute Gasteiger partial charge is 0.0238 e. The Morgan fingerprint density at radius 1 is 1.16 bits per heavy atom. The summed E-state index contributed by atoms with van der Waals surface area (Å²) in [5.74, 6) is 0. The van der Waals surface area contributed by atoms with Crippen LogP contribution in [0.5, 0.6) is 0 Å². The van der Waals surface area contributed by atoms with Crippen molar-refractivity contribution in [2.45, 2.75) is 58.0 Å². The molecule has 2 aliphatic rings. The van der Waals surface area contributed by atoms with E-state index in [9.17, 15) is 0 Å². The SMILES string of the molecule is CNCCC1CN(C)CC(C)(C)CN1C1CCCC1. The zero-order valence-corrected chi connectivity index (χ0v) is 13.4. The van der Waals surface area contributed by atoms with Crippen molar-refractivity contribution >= 4 is 0 Å². The van der Waals surface area contributed by atoms with Gasteiger partial charge in [-0.15, -0.1) is 0 Å². The van der Waals surface area contributed by atoms with Crippen LogP contribution in [-0.2, 0) is 0 Å². The van der Waals surface area contributed by atoms with Gasteiger partial charge < -0.3 is 10.2 Å². The van der Waals surface area contributed by atoms with Gasteiger partial charge in [0.05, 0.1) is 0 Å². The summed E-state index contributed by atoms with van der Waals surface area (Å²) < 4.78 is 0. The van der Waals surface area contributed by atoms with E-state index in [4.69, 9.17) is 0 Å². The van der Waals surface area contributed by atoms with Crippen molar-refractivity contribution in [1.29, 1.82) is 0 Å². The molecule has 3 heteroatoms. The summed E-state index contributed by atoms with van der Waals surface area (Å²) in [5.41, 5.74) is 0.422. The highest BCUT2D eigenvalue weighted by atomic mass is 15.3. The van der Waals surface area contributed by atoms with E-state index in [1.165, 1.54) is 51.7 Å². The third-order valence-corrected chi connectivity index (χ3v) is 4.82. The van der Waals surface area contributed by atoms with Gasteiger partial charge in [-0.3, -0.25) is 4.90 Å². The monoisotopic (exact) mass is 267 g/mol. The van der Waals surface area contributed by atoms with Gasteiger partial charge in [0, 0.05) is 31.7 Å². The lowest BCUT2D eigenvalue weighted by atomic mass is 9.91. The Hall–Kier alpha value is -0.120. The highest BCUT2D eigenvalue weighted by Gasteiger charge is 2.36. The van der Waals surface area contributed by atoms with Gasteiger partial charge in [0.15, 0.2) is 0 Å². The fourth-order valence-electron chi connectivity index (χ4n) is 4.16. The first kappa shape index (κ1) is 15.3. The van der Waals surface area contributed by atoms with Crippen LogP contribution in [0.4, 0.5) is 0 Å². The molecule has 1 unspecified atom stereocenters. The van der Waals surface area contributed by atoms with E-state index in [1.54, 1.807) is 0 Å². The molecule has 112 valence electrons. The van der Waals surface area contributed by atoms with E-state index in [0.29, 0.717) is 5.41 Å². The number of nitrogens with one attached hydrogen (secondary N) is 1. The Balaban J connectivity index is 2.10. The molecule has 1 heterocycles. The molecule has 1 N–H and O–H groups in total. The molecule has 0 spiro atoms. The number of rotatable bonds is 4. The summed E-state index contributed by atoms with van der Waals surface area (Å²) in [4.78, 5) is 5.42. The summed E-state index contributed by atoms with van der Waals surface area (Å²) in [6.45, 7) is 9.75. The van der Waals surface area contributed by atoms with Crippen molar-refractivity contribution in [1.82, 2.24) is 15.1 Å². The molecule has 0 bridgehead atoms. The Kier molecular flexibility index (Phi) is 5.27. The fraction of sp³-hybridized carbons (Fsp3) is 1.00. The maximum atomic E-state index is 3.34. The average molecular weight is 267 g/mol. The molecule has 0 aromatic carbocycles. The molecule has 1 aliphatic heterocycles. The molecule has 19 heavy (non-hydrogen) atoms. The van der Waals surface area contributed by atoms with E-state index in [1.807, 2.05) is 0 Å². The second kappa shape index (κ2) is 6.55. The molecule has 2 rings (SSSR count). The van der Waals surface area contributed by atoms with Crippen molar-refractivity contribution in [3.63, 3.8) is 0 Å². The number of likely N-dealkylation sites (N-methyl/N-ethyl adjacent to an activating group) is 1. The summed E-state index contributed by atoms with van der Waals surface area (Å²) in [6, 6.07) is 1.59. The Bertz CT molecular complexity index is 271. The standard InChI is InChI=1S/C16H33N3/c1-16(2)12-18(4)11-15(9-10-17-3)19(13-16)14-7-5-6-8-14/h14-15,17H,5-13H2,1-4H3. The Morgan fingerprint density at radius 3 is 2.47 bits per heavy atom. The lowest BCUT2D eigenvalue weighted by Crippen LogP contribution is -2.47. The minimum absolute atomic E-state index is 0.422. The molecule has 0 aromatic rings. The zero-order chi connectivity index (χ0) is 13.9. The average Bonchev–Trinajstić information content (AvgIpc) is 2.81. The zero-order valence-electron chi connectivity index (χ0n) is 13.4. The van der Waals surface area contributed by atoms with Gasteiger partial charge in [-0.05, 0) is 45.3 Å². The molecule has 1 saturated carbocycles. The summed E-state index contributed by atoms with van der Waals surface area (Å²) in [6.07, 6.45) is 7.02. The van der Waals surface area contributed by atoms with Gasteiger partial charge in [-0.25, -0.2) is 0 Å². The number of nitrogens with zero attached hydrogens (tertiary/aromatic N) is 2. The van der Waals surface area contributed by atoms with Crippen LogP contribution >= 0.6 is 0 Å². The predicted molar refractivity (Wildman–Crippen MR) is 82.6 cm³/mol. The lowest BCUT2D eigenvalue weighted by molar-refractivity contribution is 0.101. The maximum Gasteiger partial charge on any atom is 0.0238 e. The molecule has 1 aliphatic carbocycles. The van der Waals surface area contributed by atoms with Crippen LogP contribution in [0.1, 0.15) is 46.0 Å². The van der Waals surface area contributed by atoms with Gasteiger partial charge in [0.2, 0.25) is 0 Å². The topological polar surface area (TPSA) is 18.5 Å². The molecule has 0 aromatic heterocycles. The summed E-state index contributed by atoms with van der Waals surface area (Å²) >= 11 is 0. The van der Waals surface area contributed by atoms with Crippen LogP contribution < -0.4 is 5.32 Å². The second-order valence-electron chi connectivity index (χ2n) is 7.52. The fourth-order valence-corrected chi connectivity index (χ4v) is 4.16. The largest absolute Gasteiger partial charge is 0.320 e. The van der Waals surface area contributed by atoms with Crippen LogP contribution in [0, 0.1) is 5.41 Å². The minimum atomic E-state index is 0.422. The maximum absolute atomic E-state index is 3.34. The van der Waals surface area contributed by atoms with Crippen molar-refractivity contribution < 1.29 is 0 Å². The van der Waals surface area contributed by atoms with Crippen LogP contribution in [0.15, 0.2) is 0 Å². The van der Waals surface area contributed by atoms with Crippen LogP contribution in [0.2, 0.25) is 0 Å². The number of hydrogen-bond donors (Lipinski definition) is 1. The van der Waals surface area contributed by atoms with Crippen LogP contribution in [0.3, 0.4) is 0 Å². The van der Waals surface area contributed by atoms with Crippen molar-refractivity contribution in [2.24, 2.45) is 5.41 Å². The summed E-state index contributed by atoms with van der Waals surface area (Å²) in [7, 11) is 4.37. The van der Waals surface area contributed by atoms with E-state index >= 15 is 0 Å². The van der Waals surface area contributed by atoms with Crippen LogP contribution in [-0.4, -0.2) is 62.2 Å². The molecule has 0 amide bonds. The van der Waals surface area contributed by atoms with Crippen LogP contribution in [0.25, 0.3) is 0 Å². The highest BCUT2D eigenvalue weighted by Crippen LogP contribution is 2.32.